The Labute approximate surface area is 180 Å². The molecule has 0 spiro atoms. The SMILES string of the molecule is CCCCCCCCCCCCCC/C=C(\C)C(CCCC)N1C(=O)CCC1=O. The fourth-order valence-electron chi connectivity index (χ4n) is 4.35. The third-order valence-electron chi connectivity index (χ3n) is 6.28. The van der Waals surface area contributed by atoms with Crippen molar-refractivity contribution in [3.05, 3.63) is 11.6 Å². The molecule has 1 fully saturated rings. The standard InChI is InChI=1S/C26H47NO2/c1-4-6-8-9-10-11-12-13-14-15-16-17-18-19-23(3)24(20-7-5-2)27-25(28)21-22-26(27)29/h19,24H,4-18,20-22H2,1-3H3/b23-19+. The maximum atomic E-state index is 12.2. The van der Waals surface area contributed by atoms with Crippen molar-refractivity contribution in [2.45, 2.75) is 142 Å². The van der Waals surface area contributed by atoms with Gasteiger partial charge in [-0.2, -0.15) is 0 Å². The van der Waals surface area contributed by atoms with Gasteiger partial charge in [0.2, 0.25) is 11.8 Å². The minimum absolute atomic E-state index is 0.00484. The molecule has 0 N–H and O–H groups in total. The first-order chi connectivity index (χ1) is 14.1. The maximum Gasteiger partial charge on any atom is 0.230 e. The van der Waals surface area contributed by atoms with Crippen LogP contribution in [0.1, 0.15) is 136 Å². The molecule has 1 rings (SSSR count). The molecule has 0 aliphatic carbocycles. The van der Waals surface area contributed by atoms with Gasteiger partial charge in [0, 0.05) is 12.8 Å². The first-order valence-corrected chi connectivity index (χ1v) is 12.6. The van der Waals surface area contributed by atoms with Gasteiger partial charge >= 0.3 is 0 Å². The number of carbonyl (C=O) groups is 2. The van der Waals surface area contributed by atoms with Gasteiger partial charge in [0.1, 0.15) is 0 Å². The number of unbranched alkanes of at least 4 members (excludes halogenated alkanes) is 13. The second-order valence-corrected chi connectivity index (χ2v) is 8.94. The molecule has 0 aromatic rings. The van der Waals surface area contributed by atoms with Gasteiger partial charge in [-0.1, -0.05) is 109 Å². The second-order valence-electron chi connectivity index (χ2n) is 8.94. The van der Waals surface area contributed by atoms with E-state index < -0.39 is 0 Å². The second kappa shape index (κ2) is 16.7. The van der Waals surface area contributed by atoms with Crippen molar-refractivity contribution in [3.63, 3.8) is 0 Å². The van der Waals surface area contributed by atoms with Crippen molar-refractivity contribution in [1.29, 1.82) is 0 Å². The van der Waals surface area contributed by atoms with Crippen LogP contribution in [0.3, 0.4) is 0 Å². The molecule has 1 saturated heterocycles. The summed E-state index contributed by atoms with van der Waals surface area (Å²) in [6.45, 7) is 6.55. The topological polar surface area (TPSA) is 37.4 Å². The van der Waals surface area contributed by atoms with Crippen LogP contribution in [0, 0.1) is 0 Å². The zero-order chi connectivity index (χ0) is 21.3. The molecule has 0 saturated carbocycles. The summed E-state index contributed by atoms with van der Waals surface area (Å²) in [6.07, 6.45) is 23.7. The van der Waals surface area contributed by atoms with Gasteiger partial charge in [-0.05, 0) is 26.2 Å². The summed E-state index contributed by atoms with van der Waals surface area (Å²) in [6, 6.07) is -0.00484. The van der Waals surface area contributed by atoms with Crippen LogP contribution in [-0.4, -0.2) is 22.8 Å². The molecule has 2 amide bonds. The Morgan fingerprint density at radius 2 is 1.21 bits per heavy atom. The number of likely N-dealkylation sites (tertiary alicyclic amines) is 1. The van der Waals surface area contributed by atoms with Gasteiger partial charge < -0.3 is 0 Å². The lowest BCUT2D eigenvalue weighted by atomic mass is 9.98. The predicted octanol–water partition coefficient (Wildman–Crippen LogP) is 7.73. The average Bonchev–Trinajstić information content (AvgIpc) is 3.04. The normalized spacial score (nSPS) is 16.1. The van der Waals surface area contributed by atoms with E-state index >= 15 is 0 Å². The van der Waals surface area contributed by atoms with Crippen molar-refractivity contribution in [3.8, 4) is 0 Å². The van der Waals surface area contributed by atoms with E-state index in [1.807, 2.05) is 0 Å². The summed E-state index contributed by atoms with van der Waals surface area (Å²) in [4.78, 5) is 25.9. The van der Waals surface area contributed by atoms with Crippen LogP contribution in [-0.2, 0) is 9.59 Å². The van der Waals surface area contributed by atoms with Gasteiger partial charge in [-0.3, -0.25) is 14.5 Å². The molecule has 168 valence electrons. The average molecular weight is 406 g/mol. The summed E-state index contributed by atoms with van der Waals surface area (Å²) in [5.41, 5.74) is 1.21. The van der Waals surface area contributed by atoms with Crippen LogP contribution < -0.4 is 0 Å². The van der Waals surface area contributed by atoms with E-state index in [1.165, 1.54) is 82.6 Å². The number of amides is 2. The minimum atomic E-state index is -0.00484. The number of carbonyl (C=O) groups excluding carboxylic acids is 2. The van der Waals surface area contributed by atoms with E-state index in [1.54, 1.807) is 4.90 Å². The molecule has 1 aliphatic heterocycles. The highest BCUT2D eigenvalue weighted by molar-refractivity contribution is 6.02. The number of imide groups is 1. The molecule has 0 aromatic carbocycles. The molecule has 1 atom stereocenters. The Balaban J connectivity index is 2.18. The Morgan fingerprint density at radius 3 is 1.69 bits per heavy atom. The van der Waals surface area contributed by atoms with E-state index in [2.05, 4.69) is 26.8 Å². The molecular weight excluding hydrogens is 358 g/mol. The lowest BCUT2D eigenvalue weighted by molar-refractivity contribution is -0.140. The summed E-state index contributed by atoms with van der Waals surface area (Å²) < 4.78 is 0. The van der Waals surface area contributed by atoms with Gasteiger partial charge in [-0.25, -0.2) is 0 Å². The van der Waals surface area contributed by atoms with Crippen LogP contribution in [0.2, 0.25) is 0 Å². The maximum absolute atomic E-state index is 12.2. The summed E-state index contributed by atoms with van der Waals surface area (Å²) >= 11 is 0. The fourth-order valence-corrected chi connectivity index (χ4v) is 4.35. The van der Waals surface area contributed by atoms with Crippen LogP contribution in [0.25, 0.3) is 0 Å². The number of nitrogens with zero attached hydrogens (tertiary/aromatic N) is 1. The third-order valence-corrected chi connectivity index (χ3v) is 6.28. The van der Waals surface area contributed by atoms with E-state index in [0.29, 0.717) is 12.8 Å². The van der Waals surface area contributed by atoms with Crippen molar-refractivity contribution in [1.82, 2.24) is 4.90 Å². The number of allylic oxidation sites excluding steroid dienone is 1. The quantitative estimate of drug-likeness (QED) is 0.133. The first kappa shape index (κ1) is 25.9. The van der Waals surface area contributed by atoms with Crippen LogP contribution >= 0.6 is 0 Å². The monoisotopic (exact) mass is 405 g/mol. The molecule has 0 aromatic heterocycles. The summed E-state index contributed by atoms with van der Waals surface area (Å²) in [5, 5.41) is 0. The highest BCUT2D eigenvalue weighted by Crippen LogP contribution is 2.25. The van der Waals surface area contributed by atoms with E-state index in [4.69, 9.17) is 0 Å². The van der Waals surface area contributed by atoms with E-state index in [-0.39, 0.29) is 17.9 Å². The molecule has 1 unspecified atom stereocenters. The van der Waals surface area contributed by atoms with Crippen molar-refractivity contribution >= 4 is 11.8 Å². The van der Waals surface area contributed by atoms with Gasteiger partial charge in [0.05, 0.1) is 6.04 Å². The molecule has 3 heteroatoms. The summed E-state index contributed by atoms with van der Waals surface area (Å²) in [7, 11) is 0. The zero-order valence-corrected chi connectivity index (χ0v) is 19.6. The van der Waals surface area contributed by atoms with Gasteiger partial charge in [-0.15, -0.1) is 0 Å². The Kier molecular flexibility index (Phi) is 14.9. The number of rotatable bonds is 18. The zero-order valence-electron chi connectivity index (χ0n) is 19.6. The van der Waals surface area contributed by atoms with Gasteiger partial charge in [0.25, 0.3) is 0 Å². The fraction of sp³-hybridized carbons (Fsp3) is 0.846. The van der Waals surface area contributed by atoms with E-state index in [9.17, 15) is 9.59 Å². The third kappa shape index (κ3) is 11.0. The lowest BCUT2D eigenvalue weighted by Gasteiger charge is -2.27. The molecular formula is C26H47NO2. The smallest absolute Gasteiger partial charge is 0.230 e. The minimum Gasteiger partial charge on any atom is -0.275 e. The molecule has 1 heterocycles. The molecule has 3 nitrogen and oxygen atoms in total. The van der Waals surface area contributed by atoms with Gasteiger partial charge in [0.15, 0.2) is 0 Å². The highest BCUT2D eigenvalue weighted by atomic mass is 16.2. The molecule has 0 radical (unpaired) electrons. The highest BCUT2D eigenvalue weighted by Gasteiger charge is 2.35. The molecule has 1 aliphatic rings. The van der Waals surface area contributed by atoms with Crippen molar-refractivity contribution in [2.24, 2.45) is 0 Å². The lowest BCUT2D eigenvalue weighted by Crippen LogP contribution is -2.40. The molecule has 29 heavy (non-hydrogen) atoms. The van der Waals surface area contributed by atoms with Crippen LogP contribution in [0.4, 0.5) is 0 Å². The van der Waals surface area contributed by atoms with Crippen molar-refractivity contribution < 1.29 is 9.59 Å². The number of hydrogen-bond acceptors (Lipinski definition) is 2. The van der Waals surface area contributed by atoms with E-state index in [0.717, 1.165) is 25.7 Å². The first-order valence-electron chi connectivity index (χ1n) is 12.6. The Bertz CT molecular complexity index is 467. The summed E-state index contributed by atoms with van der Waals surface area (Å²) in [5.74, 6) is 0.0448. The number of hydrogen-bond donors (Lipinski definition) is 0. The Morgan fingerprint density at radius 1 is 0.759 bits per heavy atom. The largest absolute Gasteiger partial charge is 0.275 e. The van der Waals surface area contributed by atoms with Crippen molar-refractivity contribution in [2.75, 3.05) is 0 Å². The van der Waals surface area contributed by atoms with Crippen LogP contribution in [0.5, 0.6) is 0 Å². The predicted molar refractivity (Wildman–Crippen MR) is 124 cm³/mol. The molecule has 0 bridgehead atoms. The Hall–Kier alpha value is -1.12. The van der Waals surface area contributed by atoms with Crippen LogP contribution in [0.15, 0.2) is 11.6 Å².